The molecule has 0 N–H and O–H groups in total. The molecule has 0 amide bonds. The first-order valence-corrected chi connectivity index (χ1v) is 16.6. The van der Waals surface area contributed by atoms with Crippen molar-refractivity contribution in [1.29, 1.82) is 5.26 Å². The maximum atomic E-state index is 9.64. The van der Waals surface area contributed by atoms with Crippen LogP contribution in [0.4, 0.5) is 0 Å². The highest BCUT2D eigenvalue weighted by atomic mass is 15.0. The van der Waals surface area contributed by atoms with Crippen molar-refractivity contribution < 1.29 is 0 Å². The van der Waals surface area contributed by atoms with E-state index in [1.807, 2.05) is 18.2 Å². The number of nitriles is 1. The molecule has 0 fully saturated rings. The van der Waals surface area contributed by atoms with Crippen LogP contribution in [0.5, 0.6) is 0 Å². The Hall–Kier alpha value is -6.69. The third-order valence-electron chi connectivity index (χ3n) is 10.1. The normalized spacial score (nSPS) is 11.7. The van der Waals surface area contributed by atoms with Gasteiger partial charge in [-0.05, 0) is 120 Å². The van der Waals surface area contributed by atoms with Gasteiger partial charge >= 0.3 is 0 Å². The van der Waals surface area contributed by atoms with E-state index in [-0.39, 0.29) is 0 Å². The molecule has 226 valence electrons. The monoisotopic (exact) mass is 620 g/mol. The molecule has 0 unspecified atom stereocenters. The van der Waals surface area contributed by atoms with Gasteiger partial charge in [-0.3, -0.25) is 0 Å². The Morgan fingerprint density at radius 2 is 0.816 bits per heavy atom. The maximum Gasteiger partial charge on any atom is 0.0992 e. The number of nitrogens with zero attached hydrogens (tertiary/aromatic N) is 2. The zero-order chi connectivity index (χ0) is 32.5. The summed E-state index contributed by atoms with van der Waals surface area (Å²) in [4.78, 5) is 0. The van der Waals surface area contributed by atoms with Gasteiger partial charge in [-0.25, -0.2) is 0 Å². The van der Waals surface area contributed by atoms with Gasteiger partial charge in [0.25, 0.3) is 0 Å². The van der Waals surface area contributed by atoms with Crippen molar-refractivity contribution in [3.05, 3.63) is 175 Å². The third-order valence-corrected chi connectivity index (χ3v) is 10.1. The Kier molecular flexibility index (Phi) is 5.97. The standard InChI is InChI=1S/C47H28N2/c48-29-30-11-21-42-43-22-20-34(28-45(43)49(44(42)23-30)41-9-5-2-6-10-41)32-12-14-33(15-13-32)40-26-37-18-16-35-24-39(31-7-3-1-4-8-31)25-36-17-19-38(27-40)47(37)46(35)36/h1-28H. The lowest BCUT2D eigenvalue weighted by Crippen LogP contribution is -1.93. The van der Waals surface area contributed by atoms with Crippen LogP contribution in [0, 0.1) is 11.3 Å². The van der Waals surface area contributed by atoms with Crippen molar-refractivity contribution >= 4 is 54.1 Å². The highest BCUT2D eigenvalue weighted by molar-refractivity contribution is 6.24. The Labute approximate surface area is 283 Å². The van der Waals surface area contributed by atoms with Crippen molar-refractivity contribution in [1.82, 2.24) is 4.57 Å². The molecular formula is C47H28N2. The summed E-state index contributed by atoms with van der Waals surface area (Å²) in [5.41, 5.74) is 11.1. The van der Waals surface area contributed by atoms with E-state index >= 15 is 0 Å². The molecule has 0 saturated heterocycles. The molecule has 0 bridgehead atoms. The number of hydrogen-bond acceptors (Lipinski definition) is 1. The second-order valence-corrected chi connectivity index (χ2v) is 12.9. The van der Waals surface area contributed by atoms with Crippen molar-refractivity contribution in [2.24, 2.45) is 0 Å². The topological polar surface area (TPSA) is 28.7 Å². The molecule has 2 heteroatoms. The van der Waals surface area contributed by atoms with Gasteiger partial charge in [0, 0.05) is 16.5 Å². The van der Waals surface area contributed by atoms with Crippen LogP contribution < -0.4 is 0 Å². The maximum absolute atomic E-state index is 9.64. The molecule has 10 aromatic rings. The van der Waals surface area contributed by atoms with Crippen LogP contribution in [0.2, 0.25) is 0 Å². The fourth-order valence-corrected chi connectivity index (χ4v) is 7.78. The van der Waals surface area contributed by atoms with Crippen LogP contribution >= 0.6 is 0 Å². The van der Waals surface area contributed by atoms with E-state index in [1.54, 1.807) is 0 Å². The number of fused-ring (bicyclic) bond motifs is 3. The second kappa shape index (κ2) is 10.7. The van der Waals surface area contributed by atoms with Crippen LogP contribution in [-0.2, 0) is 0 Å². The first-order valence-electron chi connectivity index (χ1n) is 16.6. The molecule has 1 heterocycles. The van der Waals surface area contributed by atoms with Crippen molar-refractivity contribution in [3.8, 4) is 45.1 Å². The van der Waals surface area contributed by atoms with Gasteiger partial charge in [0.1, 0.15) is 0 Å². The smallest absolute Gasteiger partial charge is 0.0992 e. The van der Waals surface area contributed by atoms with Gasteiger partial charge in [0.2, 0.25) is 0 Å². The van der Waals surface area contributed by atoms with Crippen molar-refractivity contribution in [3.63, 3.8) is 0 Å². The van der Waals surface area contributed by atoms with Gasteiger partial charge in [0.15, 0.2) is 0 Å². The minimum Gasteiger partial charge on any atom is -0.309 e. The summed E-state index contributed by atoms with van der Waals surface area (Å²) in [6, 6.07) is 63.4. The summed E-state index contributed by atoms with van der Waals surface area (Å²) < 4.78 is 2.27. The van der Waals surface area contributed by atoms with Crippen molar-refractivity contribution in [2.45, 2.75) is 0 Å². The lowest BCUT2D eigenvalue weighted by molar-refractivity contribution is 1.18. The summed E-state index contributed by atoms with van der Waals surface area (Å²) in [6.45, 7) is 0. The highest BCUT2D eigenvalue weighted by Gasteiger charge is 2.15. The predicted octanol–water partition coefficient (Wildman–Crippen LogP) is 12.6. The Morgan fingerprint density at radius 3 is 1.37 bits per heavy atom. The Morgan fingerprint density at radius 1 is 0.367 bits per heavy atom. The average Bonchev–Trinajstić information content (AvgIpc) is 3.50. The van der Waals surface area contributed by atoms with Crippen LogP contribution in [0.15, 0.2) is 170 Å². The first kappa shape index (κ1) is 27.4. The zero-order valence-corrected chi connectivity index (χ0v) is 26.6. The molecular weight excluding hydrogens is 593 g/mol. The summed E-state index contributed by atoms with van der Waals surface area (Å²) in [6.07, 6.45) is 0. The molecule has 9 aromatic carbocycles. The van der Waals surface area contributed by atoms with E-state index in [0.717, 1.165) is 27.7 Å². The second-order valence-electron chi connectivity index (χ2n) is 12.9. The van der Waals surface area contributed by atoms with E-state index < -0.39 is 0 Å². The third kappa shape index (κ3) is 4.34. The molecule has 49 heavy (non-hydrogen) atoms. The van der Waals surface area contributed by atoms with E-state index in [4.69, 9.17) is 0 Å². The van der Waals surface area contributed by atoms with Crippen LogP contribution in [-0.4, -0.2) is 4.57 Å². The summed E-state index contributed by atoms with van der Waals surface area (Å²) >= 11 is 0. The molecule has 10 rings (SSSR count). The SMILES string of the molecule is N#Cc1ccc2c3ccc(-c4ccc(-c5cc6ccc7cc(-c8ccccc8)cc8ccc(c5)c6c78)cc4)cc3n(-c3ccccc3)c2c1. The van der Waals surface area contributed by atoms with E-state index in [9.17, 15) is 5.26 Å². The molecule has 0 atom stereocenters. The van der Waals surface area contributed by atoms with Gasteiger partial charge < -0.3 is 4.57 Å². The molecule has 0 aliphatic heterocycles. The number of aromatic nitrogens is 1. The number of benzene rings is 9. The highest BCUT2D eigenvalue weighted by Crippen LogP contribution is 2.40. The number of para-hydroxylation sites is 1. The lowest BCUT2D eigenvalue weighted by Gasteiger charge is -2.15. The zero-order valence-electron chi connectivity index (χ0n) is 26.6. The minimum absolute atomic E-state index is 0.660. The summed E-state index contributed by atoms with van der Waals surface area (Å²) in [5, 5.41) is 19.7. The number of rotatable bonds is 4. The van der Waals surface area contributed by atoms with E-state index in [2.05, 4.69) is 162 Å². The fourth-order valence-electron chi connectivity index (χ4n) is 7.78. The summed E-state index contributed by atoms with van der Waals surface area (Å²) in [7, 11) is 0. The number of hydrogen-bond donors (Lipinski definition) is 0. The average molecular weight is 621 g/mol. The minimum atomic E-state index is 0.660. The molecule has 0 aliphatic rings. The van der Waals surface area contributed by atoms with Gasteiger partial charge in [0.05, 0.1) is 22.7 Å². The molecule has 2 nitrogen and oxygen atoms in total. The van der Waals surface area contributed by atoms with Gasteiger partial charge in [-0.2, -0.15) is 5.26 Å². The molecule has 0 saturated carbocycles. The largest absolute Gasteiger partial charge is 0.309 e. The van der Waals surface area contributed by atoms with Crippen molar-refractivity contribution in [2.75, 3.05) is 0 Å². The molecule has 0 radical (unpaired) electrons. The van der Waals surface area contributed by atoms with Crippen LogP contribution in [0.3, 0.4) is 0 Å². The van der Waals surface area contributed by atoms with Gasteiger partial charge in [-0.15, -0.1) is 0 Å². The molecule has 1 aromatic heterocycles. The molecule has 0 spiro atoms. The van der Waals surface area contributed by atoms with E-state index in [1.165, 1.54) is 65.5 Å². The quantitative estimate of drug-likeness (QED) is 0.180. The molecule has 0 aliphatic carbocycles. The van der Waals surface area contributed by atoms with E-state index in [0.29, 0.717) is 5.56 Å². The summed E-state index contributed by atoms with van der Waals surface area (Å²) in [5.74, 6) is 0. The fraction of sp³-hybridized carbons (Fsp3) is 0. The first-order chi connectivity index (χ1) is 24.2. The Bertz CT molecular complexity index is 2840. The van der Waals surface area contributed by atoms with Crippen LogP contribution in [0.25, 0.3) is 93.2 Å². The van der Waals surface area contributed by atoms with Gasteiger partial charge in [-0.1, -0.05) is 115 Å². The lowest BCUT2D eigenvalue weighted by atomic mass is 9.89. The van der Waals surface area contributed by atoms with Crippen LogP contribution in [0.1, 0.15) is 5.56 Å². The predicted molar refractivity (Wildman–Crippen MR) is 206 cm³/mol. The Balaban J connectivity index is 1.05.